The van der Waals surface area contributed by atoms with E-state index >= 15 is 0 Å². The molecule has 0 fully saturated rings. The molecular weight excluding hydrogens is 655 g/mol. The molecule has 1 heterocycles. The van der Waals surface area contributed by atoms with Crippen LogP contribution in [-0.2, 0) is 0 Å². The van der Waals surface area contributed by atoms with E-state index in [1.54, 1.807) is 0 Å². The van der Waals surface area contributed by atoms with E-state index in [9.17, 15) is 0 Å². The Morgan fingerprint density at radius 3 is 1.59 bits per heavy atom. The van der Waals surface area contributed by atoms with Gasteiger partial charge in [0, 0.05) is 16.7 Å². The zero-order chi connectivity index (χ0) is 35.6. The maximum absolute atomic E-state index is 5.18. The molecule has 10 aromatic rings. The van der Waals surface area contributed by atoms with Gasteiger partial charge in [0.25, 0.3) is 0 Å². The highest BCUT2D eigenvalue weighted by Gasteiger charge is 2.26. The van der Waals surface area contributed by atoms with Crippen LogP contribution < -0.4 is 0 Å². The molecule has 3 heteroatoms. The fourth-order valence-corrected chi connectivity index (χ4v) is 8.40. The molecule has 0 amide bonds. The predicted molar refractivity (Wildman–Crippen MR) is 224 cm³/mol. The first kappa shape index (κ1) is 30.4. The first-order valence-electron chi connectivity index (χ1n) is 18.4. The smallest absolute Gasteiger partial charge is 0.164 e. The molecule has 0 bridgehead atoms. The van der Waals surface area contributed by atoms with E-state index in [-0.39, 0.29) is 0 Å². The standard InChI is InChI=1S/C51H31N3/c1-3-14-33(15-4-1)37-27-29-44-43-23-11-22-42(48(43)46-24-12-21-41(37)47(44)46)40-28-30-45(39-20-10-9-19-38(39)40)51-53-49(34-16-5-2-6-17-34)52-50(54-51)36-26-25-32-13-7-8-18-35(32)31-36/h1-31H. The molecule has 54 heavy (non-hydrogen) atoms. The van der Waals surface area contributed by atoms with Crippen molar-refractivity contribution < 1.29 is 0 Å². The van der Waals surface area contributed by atoms with Crippen LogP contribution in [-0.4, -0.2) is 15.0 Å². The lowest BCUT2D eigenvalue weighted by Gasteiger charge is -2.16. The molecule has 3 nitrogen and oxygen atoms in total. The number of aromatic nitrogens is 3. The summed E-state index contributed by atoms with van der Waals surface area (Å²) in [4.78, 5) is 15.3. The van der Waals surface area contributed by atoms with E-state index in [4.69, 9.17) is 15.0 Å². The van der Waals surface area contributed by atoms with Crippen LogP contribution in [0.25, 0.3) is 111 Å². The lowest BCUT2D eigenvalue weighted by atomic mass is 9.89. The SMILES string of the molecule is c1ccc(-c2nc(-c3ccc4ccccc4c3)nc(-c3ccc(-c4cccc5c4-c4cccc6c(-c7ccccc7)ccc-5c46)c4ccccc34)n2)cc1. The third-order valence-corrected chi connectivity index (χ3v) is 10.9. The van der Waals surface area contributed by atoms with Crippen LogP contribution in [0.15, 0.2) is 188 Å². The number of hydrogen-bond donors (Lipinski definition) is 0. The average molecular weight is 686 g/mol. The van der Waals surface area contributed by atoms with E-state index in [0.717, 1.165) is 32.8 Å². The van der Waals surface area contributed by atoms with Gasteiger partial charge in [-0.2, -0.15) is 0 Å². The van der Waals surface area contributed by atoms with Crippen LogP contribution in [0, 0.1) is 0 Å². The van der Waals surface area contributed by atoms with Crippen molar-refractivity contribution in [2.24, 2.45) is 0 Å². The molecule has 0 aliphatic heterocycles. The minimum absolute atomic E-state index is 0.651. The zero-order valence-corrected chi connectivity index (χ0v) is 29.2. The summed E-state index contributed by atoms with van der Waals surface area (Å²) >= 11 is 0. The van der Waals surface area contributed by atoms with E-state index in [1.165, 1.54) is 60.7 Å². The highest BCUT2D eigenvalue weighted by atomic mass is 15.0. The Labute approximate surface area is 312 Å². The second-order valence-electron chi connectivity index (χ2n) is 13.9. The molecule has 11 rings (SSSR count). The van der Waals surface area contributed by atoms with Crippen LogP contribution >= 0.6 is 0 Å². The van der Waals surface area contributed by atoms with Crippen molar-refractivity contribution in [3.63, 3.8) is 0 Å². The summed E-state index contributed by atoms with van der Waals surface area (Å²) in [5.41, 5.74) is 12.9. The summed E-state index contributed by atoms with van der Waals surface area (Å²) in [6.45, 7) is 0. The summed E-state index contributed by atoms with van der Waals surface area (Å²) in [7, 11) is 0. The third kappa shape index (κ3) is 4.79. The highest BCUT2D eigenvalue weighted by molar-refractivity contribution is 6.22. The van der Waals surface area contributed by atoms with E-state index < -0.39 is 0 Å². The maximum atomic E-state index is 5.18. The van der Waals surface area contributed by atoms with Crippen molar-refractivity contribution in [3.05, 3.63) is 188 Å². The summed E-state index contributed by atoms with van der Waals surface area (Å²) in [6.07, 6.45) is 0. The lowest BCUT2D eigenvalue weighted by molar-refractivity contribution is 1.08. The van der Waals surface area contributed by atoms with Gasteiger partial charge >= 0.3 is 0 Å². The molecule has 1 aromatic heterocycles. The molecule has 1 aliphatic carbocycles. The van der Waals surface area contributed by atoms with Crippen LogP contribution in [0.3, 0.4) is 0 Å². The average Bonchev–Trinajstić information content (AvgIpc) is 3.58. The molecule has 0 saturated carbocycles. The van der Waals surface area contributed by atoms with Crippen molar-refractivity contribution in [2.45, 2.75) is 0 Å². The third-order valence-electron chi connectivity index (χ3n) is 10.9. The van der Waals surface area contributed by atoms with Gasteiger partial charge in [-0.05, 0) is 89.0 Å². The van der Waals surface area contributed by atoms with Crippen molar-refractivity contribution >= 4 is 32.3 Å². The molecule has 9 aromatic carbocycles. The summed E-state index contributed by atoms with van der Waals surface area (Å²) in [5, 5.41) is 7.20. The summed E-state index contributed by atoms with van der Waals surface area (Å²) in [5.74, 6) is 1.96. The second kappa shape index (κ2) is 12.2. The molecular formula is C51H31N3. The van der Waals surface area contributed by atoms with Crippen LogP contribution in [0.5, 0.6) is 0 Å². The van der Waals surface area contributed by atoms with Gasteiger partial charge in [0.1, 0.15) is 0 Å². The van der Waals surface area contributed by atoms with E-state index in [1.807, 2.05) is 18.2 Å². The number of nitrogens with zero attached hydrogens (tertiary/aromatic N) is 3. The van der Waals surface area contributed by atoms with Gasteiger partial charge in [0.05, 0.1) is 0 Å². The van der Waals surface area contributed by atoms with Gasteiger partial charge in [0.2, 0.25) is 0 Å². The minimum Gasteiger partial charge on any atom is -0.208 e. The van der Waals surface area contributed by atoms with E-state index in [2.05, 4.69) is 170 Å². The topological polar surface area (TPSA) is 38.7 Å². The summed E-state index contributed by atoms with van der Waals surface area (Å²) in [6, 6.07) is 66.9. The Kier molecular flexibility index (Phi) is 6.86. The van der Waals surface area contributed by atoms with Crippen LogP contribution in [0.4, 0.5) is 0 Å². The first-order chi connectivity index (χ1) is 26.8. The fraction of sp³-hybridized carbons (Fsp3) is 0. The normalized spacial score (nSPS) is 11.7. The van der Waals surface area contributed by atoms with Crippen LogP contribution in [0.1, 0.15) is 0 Å². The van der Waals surface area contributed by atoms with Crippen molar-refractivity contribution in [2.75, 3.05) is 0 Å². The quantitative estimate of drug-likeness (QED) is 0.181. The second-order valence-corrected chi connectivity index (χ2v) is 13.9. The lowest BCUT2D eigenvalue weighted by Crippen LogP contribution is -2.01. The Morgan fingerprint density at radius 2 is 0.796 bits per heavy atom. The molecule has 0 saturated heterocycles. The number of rotatable bonds is 5. The van der Waals surface area contributed by atoms with Crippen molar-refractivity contribution in [1.82, 2.24) is 15.0 Å². The van der Waals surface area contributed by atoms with Gasteiger partial charge < -0.3 is 0 Å². The number of hydrogen-bond acceptors (Lipinski definition) is 3. The molecule has 0 spiro atoms. The first-order valence-corrected chi connectivity index (χ1v) is 18.4. The van der Waals surface area contributed by atoms with Gasteiger partial charge in [-0.1, -0.05) is 176 Å². The van der Waals surface area contributed by atoms with Gasteiger partial charge in [0.15, 0.2) is 17.5 Å². The zero-order valence-electron chi connectivity index (χ0n) is 29.2. The van der Waals surface area contributed by atoms with E-state index in [0.29, 0.717) is 17.5 Å². The minimum atomic E-state index is 0.651. The molecule has 0 atom stereocenters. The number of fused-ring (bicyclic) bond motifs is 5. The molecule has 0 radical (unpaired) electrons. The molecule has 0 N–H and O–H groups in total. The fourth-order valence-electron chi connectivity index (χ4n) is 8.40. The van der Waals surface area contributed by atoms with Gasteiger partial charge in [-0.15, -0.1) is 0 Å². The monoisotopic (exact) mass is 685 g/mol. The Morgan fingerprint density at radius 1 is 0.259 bits per heavy atom. The predicted octanol–water partition coefficient (Wildman–Crippen LogP) is 13.3. The highest BCUT2D eigenvalue weighted by Crippen LogP contribution is 2.53. The molecule has 0 unspecified atom stereocenters. The number of benzene rings is 9. The van der Waals surface area contributed by atoms with Crippen LogP contribution in [0.2, 0.25) is 0 Å². The molecule has 250 valence electrons. The largest absolute Gasteiger partial charge is 0.208 e. The van der Waals surface area contributed by atoms with Crippen molar-refractivity contribution in [3.8, 4) is 78.7 Å². The Hall–Kier alpha value is -7.23. The maximum Gasteiger partial charge on any atom is 0.164 e. The van der Waals surface area contributed by atoms with Crippen molar-refractivity contribution in [1.29, 1.82) is 0 Å². The van der Waals surface area contributed by atoms with Gasteiger partial charge in [-0.3, -0.25) is 0 Å². The Bertz CT molecular complexity index is 3090. The van der Waals surface area contributed by atoms with Gasteiger partial charge in [-0.25, -0.2) is 15.0 Å². The summed E-state index contributed by atoms with van der Waals surface area (Å²) < 4.78 is 0. The Balaban J connectivity index is 1.10. The molecule has 1 aliphatic rings.